The molecule has 0 spiro atoms. The first-order valence-corrected chi connectivity index (χ1v) is 22.1. The van der Waals surface area contributed by atoms with E-state index in [1.54, 1.807) is 0 Å². The monoisotopic (exact) mass is 808 g/mol. The Hall–Kier alpha value is -7.62. The smallest absolute Gasteiger partial charge is 0.135 e. The SMILES string of the molecule is CC1(C)c2ccccc2-c2ccc(N(c3ccc4c(c3)C(C)(C)c3cc(-c5ccc6c(c5)c5ccccc5n6-c5ccccc5)ccc3-4)c3ccc4oc5ccccc5c4c3)cc21. The van der Waals surface area contributed by atoms with Crippen molar-refractivity contribution in [3.8, 4) is 39.1 Å². The molecule has 2 aromatic heterocycles. The molecule has 3 heteroatoms. The molecule has 0 N–H and O–H groups in total. The van der Waals surface area contributed by atoms with Gasteiger partial charge in [-0.05, 0) is 141 Å². The Bertz CT molecular complexity index is 3690. The zero-order valence-corrected chi connectivity index (χ0v) is 35.8. The van der Waals surface area contributed by atoms with Gasteiger partial charge in [0.2, 0.25) is 0 Å². The second-order valence-corrected chi connectivity index (χ2v) is 18.5. The van der Waals surface area contributed by atoms with Crippen molar-refractivity contribution in [3.63, 3.8) is 0 Å². The van der Waals surface area contributed by atoms with Crippen LogP contribution in [0.4, 0.5) is 17.1 Å². The predicted molar refractivity (Wildman–Crippen MR) is 263 cm³/mol. The maximum absolute atomic E-state index is 6.33. The van der Waals surface area contributed by atoms with E-state index in [4.69, 9.17) is 4.42 Å². The van der Waals surface area contributed by atoms with E-state index in [0.717, 1.165) is 39.0 Å². The van der Waals surface area contributed by atoms with Crippen LogP contribution in [0.15, 0.2) is 199 Å². The van der Waals surface area contributed by atoms with Crippen molar-refractivity contribution in [1.82, 2.24) is 4.57 Å². The molecule has 2 heterocycles. The number of rotatable bonds is 5. The fourth-order valence-electron chi connectivity index (χ4n) is 11.2. The Balaban J connectivity index is 0.937. The molecule has 63 heavy (non-hydrogen) atoms. The van der Waals surface area contributed by atoms with Crippen molar-refractivity contribution in [2.45, 2.75) is 38.5 Å². The van der Waals surface area contributed by atoms with Crippen LogP contribution < -0.4 is 4.90 Å². The second-order valence-electron chi connectivity index (χ2n) is 18.5. The van der Waals surface area contributed by atoms with Gasteiger partial charge in [-0.2, -0.15) is 0 Å². The largest absolute Gasteiger partial charge is 0.456 e. The molecular formula is C60H44N2O. The lowest BCUT2D eigenvalue weighted by Gasteiger charge is -2.30. The van der Waals surface area contributed by atoms with Crippen LogP contribution in [0.1, 0.15) is 49.9 Å². The molecule has 0 aliphatic heterocycles. The number of para-hydroxylation sites is 3. The Morgan fingerprint density at radius 2 is 0.889 bits per heavy atom. The van der Waals surface area contributed by atoms with Crippen molar-refractivity contribution >= 4 is 60.8 Å². The molecule has 300 valence electrons. The van der Waals surface area contributed by atoms with E-state index < -0.39 is 0 Å². The summed E-state index contributed by atoms with van der Waals surface area (Å²) in [4.78, 5) is 2.45. The Morgan fingerprint density at radius 1 is 0.365 bits per heavy atom. The van der Waals surface area contributed by atoms with Crippen molar-refractivity contribution in [1.29, 1.82) is 0 Å². The van der Waals surface area contributed by atoms with Crippen LogP contribution in [0.5, 0.6) is 0 Å². The van der Waals surface area contributed by atoms with E-state index in [1.807, 2.05) is 6.07 Å². The topological polar surface area (TPSA) is 21.3 Å². The Labute approximate surface area is 367 Å². The highest BCUT2D eigenvalue weighted by atomic mass is 16.3. The molecule has 2 aliphatic carbocycles. The third-order valence-corrected chi connectivity index (χ3v) is 14.4. The van der Waals surface area contributed by atoms with Crippen LogP contribution in [0.3, 0.4) is 0 Å². The fourth-order valence-corrected chi connectivity index (χ4v) is 11.2. The molecule has 0 amide bonds. The first-order valence-electron chi connectivity index (χ1n) is 22.1. The molecule has 13 rings (SSSR count). The molecule has 0 bridgehead atoms. The van der Waals surface area contributed by atoms with Gasteiger partial charge in [0.1, 0.15) is 11.2 Å². The van der Waals surface area contributed by atoms with Gasteiger partial charge in [-0.15, -0.1) is 0 Å². The van der Waals surface area contributed by atoms with Crippen LogP contribution in [0.2, 0.25) is 0 Å². The highest BCUT2D eigenvalue weighted by molar-refractivity contribution is 6.11. The molecule has 11 aromatic rings. The van der Waals surface area contributed by atoms with Gasteiger partial charge in [0.15, 0.2) is 0 Å². The summed E-state index contributed by atoms with van der Waals surface area (Å²) in [6.07, 6.45) is 0. The molecule has 0 saturated heterocycles. The molecule has 0 unspecified atom stereocenters. The molecule has 9 aromatic carbocycles. The Kier molecular flexibility index (Phi) is 7.42. The molecule has 3 nitrogen and oxygen atoms in total. The number of fused-ring (bicyclic) bond motifs is 12. The minimum absolute atomic E-state index is 0.124. The lowest BCUT2D eigenvalue weighted by molar-refractivity contribution is 0.660. The van der Waals surface area contributed by atoms with Crippen LogP contribution in [-0.2, 0) is 10.8 Å². The summed E-state index contributed by atoms with van der Waals surface area (Å²) in [6.45, 7) is 9.51. The zero-order valence-electron chi connectivity index (χ0n) is 35.8. The number of benzene rings is 9. The van der Waals surface area contributed by atoms with Crippen molar-refractivity contribution in [2.75, 3.05) is 4.90 Å². The number of anilines is 3. The van der Waals surface area contributed by atoms with E-state index in [0.29, 0.717) is 0 Å². The van der Waals surface area contributed by atoms with E-state index in [1.165, 1.54) is 83.1 Å². The van der Waals surface area contributed by atoms with Crippen molar-refractivity contribution in [3.05, 3.63) is 216 Å². The summed E-state index contributed by atoms with van der Waals surface area (Å²) in [5.74, 6) is 0. The highest BCUT2D eigenvalue weighted by Gasteiger charge is 2.38. The van der Waals surface area contributed by atoms with Crippen LogP contribution in [0, 0.1) is 0 Å². The molecule has 2 aliphatic rings. The van der Waals surface area contributed by atoms with Gasteiger partial charge >= 0.3 is 0 Å². The van der Waals surface area contributed by atoms with Crippen LogP contribution in [-0.4, -0.2) is 4.57 Å². The maximum Gasteiger partial charge on any atom is 0.135 e. The van der Waals surface area contributed by atoms with Gasteiger partial charge < -0.3 is 13.9 Å². The number of furan rings is 1. The van der Waals surface area contributed by atoms with Crippen LogP contribution >= 0.6 is 0 Å². The average molecular weight is 809 g/mol. The fraction of sp³-hybridized carbons (Fsp3) is 0.100. The lowest BCUT2D eigenvalue weighted by atomic mass is 9.81. The number of hydrogen-bond acceptors (Lipinski definition) is 2. The summed E-state index contributed by atoms with van der Waals surface area (Å²) in [5.41, 5.74) is 21.6. The minimum Gasteiger partial charge on any atom is -0.456 e. The first-order chi connectivity index (χ1) is 30.7. The zero-order chi connectivity index (χ0) is 42.2. The summed E-state index contributed by atoms with van der Waals surface area (Å²) < 4.78 is 8.71. The van der Waals surface area contributed by atoms with Gasteiger partial charge in [0.05, 0.1) is 11.0 Å². The van der Waals surface area contributed by atoms with Crippen molar-refractivity contribution < 1.29 is 4.42 Å². The standard InChI is InChI=1S/C60H44N2O/c1-59(2)51-19-11-8-16-43(51)45-28-24-41(35-53(45)59)61(40-26-31-58-50(34-40)48-18-10-13-21-57(48)63-58)42-25-29-46-44-27-22-38(33-52(44)60(3,4)54(46)36-42)37-23-30-56-49(32-37)47-17-9-12-20-55(47)62(56)39-14-6-5-7-15-39/h5-36H,1-4H3. The first kappa shape index (κ1) is 36.1. The second kappa shape index (κ2) is 13.0. The van der Waals surface area contributed by atoms with Gasteiger partial charge in [0, 0.05) is 55.1 Å². The van der Waals surface area contributed by atoms with Gasteiger partial charge in [0.25, 0.3) is 0 Å². The average Bonchev–Trinajstić information content (AvgIpc) is 3.99. The van der Waals surface area contributed by atoms with Gasteiger partial charge in [-0.3, -0.25) is 0 Å². The predicted octanol–water partition coefficient (Wildman–Crippen LogP) is 16.4. The lowest BCUT2D eigenvalue weighted by Crippen LogP contribution is -2.18. The van der Waals surface area contributed by atoms with Gasteiger partial charge in [-0.1, -0.05) is 137 Å². The third-order valence-electron chi connectivity index (χ3n) is 14.4. The third kappa shape index (κ3) is 5.14. The number of hydrogen-bond donors (Lipinski definition) is 0. The number of aromatic nitrogens is 1. The van der Waals surface area contributed by atoms with E-state index >= 15 is 0 Å². The maximum atomic E-state index is 6.33. The highest BCUT2D eigenvalue weighted by Crippen LogP contribution is 2.54. The minimum atomic E-state index is -0.234. The summed E-state index contributed by atoms with van der Waals surface area (Å²) in [6, 6.07) is 71.7. The quantitative estimate of drug-likeness (QED) is 0.173. The van der Waals surface area contributed by atoms with Crippen LogP contribution in [0.25, 0.3) is 82.8 Å². The van der Waals surface area contributed by atoms with Crippen molar-refractivity contribution in [2.24, 2.45) is 0 Å². The number of nitrogens with zero attached hydrogens (tertiary/aromatic N) is 2. The summed E-state index contributed by atoms with van der Waals surface area (Å²) in [7, 11) is 0. The molecular weight excluding hydrogens is 765 g/mol. The van der Waals surface area contributed by atoms with E-state index in [2.05, 4.69) is 225 Å². The Morgan fingerprint density at radius 3 is 1.67 bits per heavy atom. The molecule has 0 radical (unpaired) electrons. The van der Waals surface area contributed by atoms with Gasteiger partial charge in [-0.25, -0.2) is 0 Å². The summed E-state index contributed by atoms with van der Waals surface area (Å²) >= 11 is 0. The van der Waals surface area contributed by atoms with E-state index in [9.17, 15) is 0 Å². The molecule has 0 fully saturated rings. The normalized spacial score (nSPS) is 14.3. The molecule has 0 atom stereocenters. The summed E-state index contributed by atoms with van der Waals surface area (Å²) in [5, 5.41) is 4.77. The molecule has 0 saturated carbocycles. The van der Waals surface area contributed by atoms with E-state index in [-0.39, 0.29) is 10.8 Å².